The topological polar surface area (TPSA) is 292 Å². The van der Waals surface area contributed by atoms with Crippen molar-refractivity contribution < 1.29 is 87.6 Å². The minimum atomic E-state index is -2.33. The van der Waals surface area contributed by atoms with Gasteiger partial charge in [0, 0.05) is 69.0 Å². The van der Waals surface area contributed by atoms with E-state index < -0.39 is 108 Å². The molecule has 1 aromatic rings. The van der Waals surface area contributed by atoms with E-state index in [1.165, 1.54) is 14.0 Å². The predicted molar refractivity (Wildman–Crippen MR) is 286 cm³/mol. The molecule has 0 unspecified atom stereocenters. The molecule has 1 aromatic carbocycles. The number of para-hydroxylation sites is 1. The van der Waals surface area contributed by atoms with E-state index in [-0.39, 0.29) is 55.9 Å². The summed E-state index contributed by atoms with van der Waals surface area (Å²) in [7, 11) is 1.20. The van der Waals surface area contributed by atoms with E-state index in [9.17, 15) is 49.2 Å². The summed E-state index contributed by atoms with van der Waals surface area (Å²) in [4.78, 5) is 74.0. The first-order valence-corrected chi connectivity index (χ1v) is 27.6. The van der Waals surface area contributed by atoms with Gasteiger partial charge in [0.05, 0.1) is 56.1 Å². The van der Waals surface area contributed by atoms with Gasteiger partial charge in [0.1, 0.15) is 12.2 Å². The maximum Gasteiger partial charge on any atom is 0.330 e. The molecule has 0 aliphatic carbocycles. The fourth-order valence-corrected chi connectivity index (χ4v) is 10.3. The van der Waals surface area contributed by atoms with E-state index >= 15 is 0 Å². The highest BCUT2D eigenvalue weighted by Crippen LogP contribution is 2.50. The van der Waals surface area contributed by atoms with Gasteiger partial charge in [-0.2, -0.15) is 0 Å². The van der Waals surface area contributed by atoms with Gasteiger partial charge in [0.15, 0.2) is 11.9 Å². The van der Waals surface area contributed by atoms with Gasteiger partial charge in [0.2, 0.25) is 17.6 Å². The van der Waals surface area contributed by atoms with Gasteiger partial charge in [-0.1, -0.05) is 116 Å². The normalized spacial score (nSPS) is 30.0. The summed E-state index contributed by atoms with van der Waals surface area (Å²) < 4.78 is 41.6. The van der Waals surface area contributed by atoms with Gasteiger partial charge >= 0.3 is 23.9 Å². The van der Waals surface area contributed by atoms with Crippen LogP contribution in [0.2, 0.25) is 0 Å². The lowest BCUT2D eigenvalue weighted by atomic mass is 9.70. The Kier molecular flexibility index (Phi) is 26.1. The van der Waals surface area contributed by atoms with Gasteiger partial charge in [-0.3, -0.25) is 29.2 Å². The highest BCUT2D eigenvalue weighted by molar-refractivity contribution is 5.90. The third-order valence-electron chi connectivity index (χ3n) is 14.9. The summed E-state index contributed by atoms with van der Waals surface area (Å²) in [6.07, 6.45) is 5.43. The van der Waals surface area contributed by atoms with Crippen molar-refractivity contribution in [3.05, 3.63) is 66.3 Å². The quantitative estimate of drug-likeness (QED) is 0.0145. The molecule has 20 heteroatoms. The molecule has 78 heavy (non-hydrogen) atoms. The van der Waals surface area contributed by atoms with E-state index in [1.807, 2.05) is 30.3 Å². The molecule has 5 rings (SSSR count). The molecule has 3 fully saturated rings. The van der Waals surface area contributed by atoms with Gasteiger partial charge in [-0.05, 0) is 56.2 Å². The number of hydrogen-bond donors (Lipinski definition) is 7. The number of esters is 4. The fraction of sp³-hybridized carbons (Fsp3) is 0.690. The second-order valence-corrected chi connectivity index (χ2v) is 22.2. The molecule has 0 spiro atoms. The second kappa shape index (κ2) is 31.1. The molecule has 2 amide bonds. The van der Waals surface area contributed by atoms with Gasteiger partial charge in [-0.15, -0.1) is 0 Å². The third-order valence-corrected chi connectivity index (χ3v) is 14.9. The number of rotatable bonds is 18. The number of benzene rings is 1. The first kappa shape index (κ1) is 65.5. The van der Waals surface area contributed by atoms with E-state index in [4.69, 9.17) is 38.4 Å². The number of aliphatic hydroxyl groups is 4. The van der Waals surface area contributed by atoms with E-state index in [0.717, 1.165) is 68.7 Å². The Balaban J connectivity index is 0.000000581. The van der Waals surface area contributed by atoms with Crippen molar-refractivity contribution in [1.29, 1.82) is 0 Å². The van der Waals surface area contributed by atoms with E-state index in [0.29, 0.717) is 32.1 Å². The Hall–Kier alpha value is -5.06. The van der Waals surface area contributed by atoms with Crippen molar-refractivity contribution in [3.8, 4) is 0 Å². The number of nitrogens with one attached hydrogen (secondary N) is 2. The highest BCUT2D eigenvalue weighted by Gasteiger charge is 2.59. The van der Waals surface area contributed by atoms with Crippen LogP contribution in [0.4, 0.5) is 5.69 Å². The Morgan fingerprint density at radius 2 is 1.46 bits per heavy atom. The van der Waals surface area contributed by atoms with Crippen molar-refractivity contribution >= 4 is 41.4 Å². The lowest BCUT2D eigenvalue weighted by molar-refractivity contribution is -0.348. The highest BCUT2D eigenvalue weighted by atomic mass is 16.7. The van der Waals surface area contributed by atoms with Crippen LogP contribution < -0.4 is 10.8 Å². The summed E-state index contributed by atoms with van der Waals surface area (Å²) in [6.45, 7) is 13.8. The Bertz CT molecular complexity index is 2200. The number of amides is 2. The van der Waals surface area contributed by atoms with Crippen LogP contribution in [0.25, 0.3) is 0 Å². The minimum Gasteiger partial charge on any atom is -0.466 e. The average Bonchev–Trinajstić information content (AvgIpc) is 3.42. The van der Waals surface area contributed by atoms with Crippen molar-refractivity contribution in [2.45, 2.75) is 230 Å². The molecule has 7 N–H and O–H groups in total. The number of carbonyl (C=O) groups is 6. The summed E-state index contributed by atoms with van der Waals surface area (Å²) in [6, 6.07) is 9.36. The Morgan fingerprint density at radius 1 is 0.808 bits per heavy atom. The SMILES string of the molecule is C=C1C[C@H]2C[C@]3(O)O[C@H](C[C@@H](O)CC(=O)O[C@@H](CO)C[C@@H]4C/C(=C\C(=O)OC)[C@H](OC(=O)CCCCCCC)[C@@](O)(O4)C(C)(C)/C=C/[C@@H](C1)O2)C[C@H](OC(C)=O)C3(C)C.O=C(CCCCCCC(=O)Nc1ccccc1)NO. The van der Waals surface area contributed by atoms with Crippen LogP contribution in [-0.4, -0.2) is 135 Å². The zero-order valence-electron chi connectivity index (χ0n) is 46.8. The number of aliphatic hydroxyl groups excluding tert-OH is 2. The smallest absolute Gasteiger partial charge is 0.330 e. The maximum atomic E-state index is 13.4. The molecule has 438 valence electrons. The standard InChI is InChI=1S/C44H68O15.C14H20N2O3/c1-9-10-11-12-13-14-37(48)57-40-29(20-38(49)53-8)19-32-23-35(26-45)56-39(50)22-30(47)21-33-24-36(54-28(3)46)42(6,7)43(51,58-33)25-34-18-27(2)17-31(55-34)15-16-41(4,5)44(40,52)59-32;17-13(15-12-8-4-3-5-9-12)10-6-1-2-7-11-14(18)16-19/h15-16,20,30-36,40,45,47,51-52H,2,9-14,17-19,21-26H2,1,3-8H3;3-5,8-9,19H,1-2,6-7,10-11H2,(H,15,17)(H,16,18)/b16-15+,29-20+;/t30-,31+,32+,33-,34+,35-,36+,40+,43+,44-;/m1./s1. The summed E-state index contributed by atoms with van der Waals surface area (Å²) in [5.74, 6) is -7.35. The molecule has 4 aliphatic heterocycles. The van der Waals surface area contributed by atoms with Crippen molar-refractivity contribution in [3.63, 3.8) is 0 Å². The lowest BCUT2D eigenvalue weighted by Gasteiger charge is -2.53. The van der Waals surface area contributed by atoms with Crippen LogP contribution in [0, 0.1) is 10.8 Å². The molecule has 0 radical (unpaired) electrons. The van der Waals surface area contributed by atoms with Crippen LogP contribution in [0.15, 0.2) is 66.3 Å². The number of hydrogen-bond acceptors (Lipinski definition) is 18. The molecular weight excluding hydrogens is 1010 g/mol. The molecule has 20 nitrogen and oxygen atoms in total. The van der Waals surface area contributed by atoms with Crippen LogP contribution in [0.3, 0.4) is 0 Å². The average molecular weight is 1100 g/mol. The van der Waals surface area contributed by atoms with Crippen LogP contribution >= 0.6 is 0 Å². The molecule has 4 aliphatic rings. The molecule has 0 aromatic heterocycles. The van der Waals surface area contributed by atoms with Crippen LogP contribution in [0.1, 0.15) is 170 Å². The zero-order chi connectivity index (χ0) is 57.7. The third kappa shape index (κ3) is 19.9. The Labute approximate surface area is 459 Å². The number of cyclic esters (lactones) is 1. The molecule has 10 atom stereocenters. The Morgan fingerprint density at radius 3 is 2.09 bits per heavy atom. The van der Waals surface area contributed by atoms with Crippen LogP contribution in [0.5, 0.6) is 0 Å². The lowest BCUT2D eigenvalue weighted by Crippen LogP contribution is -2.62. The molecular formula is C58H88N2O18. The summed E-state index contributed by atoms with van der Waals surface area (Å²) in [5, 5.41) is 57.7. The fourth-order valence-electron chi connectivity index (χ4n) is 10.3. The summed E-state index contributed by atoms with van der Waals surface area (Å²) >= 11 is 0. The molecule has 6 bridgehead atoms. The monoisotopic (exact) mass is 1100 g/mol. The predicted octanol–water partition coefficient (Wildman–Crippen LogP) is 7.27. The molecule has 0 saturated carbocycles. The van der Waals surface area contributed by atoms with E-state index in [1.54, 1.807) is 45.3 Å². The molecule has 4 heterocycles. The number of unbranched alkanes of at least 4 members (excludes halogenated alkanes) is 7. The number of carbonyl (C=O) groups excluding carboxylic acids is 6. The van der Waals surface area contributed by atoms with Gasteiger partial charge in [0.25, 0.3) is 0 Å². The minimum absolute atomic E-state index is 0.0132. The number of anilines is 1. The summed E-state index contributed by atoms with van der Waals surface area (Å²) in [5.41, 5.74) is 0.918. The van der Waals surface area contributed by atoms with Crippen molar-refractivity contribution in [2.24, 2.45) is 10.8 Å². The molecule has 3 saturated heterocycles. The number of fused-ring (bicyclic) bond motifs is 6. The van der Waals surface area contributed by atoms with Crippen molar-refractivity contribution in [2.75, 3.05) is 19.0 Å². The largest absolute Gasteiger partial charge is 0.466 e. The number of ether oxygens (including phenoxy) is 7. The zero-order valence-corrected chi connectivity index (χ0v) is 46.8. The first-order chi connectivity index (χ1) is 36.9. The van der Waals surface area contributed by atoms with Crippen molar-refractivity contribution in [1.82, 2.24) is 5.48 Å². The maximum absolute atomic E-state index is 13.4. The van der Waals surface area contributed by atoms with Gasteiger partial charge < -0.3 is 58.9 Å². The van der Waals surface area contributed by atoms with Gasteiger partial charge in [-0.25, -0.2) is 10.3 Å². The number of methoxy groups -OCH3 is 1. The first-order valence-electron chi connectivity index (χ1n) is 27.6. The van der Waals surface area contributed by atoms with E-state index in [2.05, 4.69) is 18.8 Å². The number of hydroxylamine groups is 1. The van der Waals surface area contributed by atoms with Crippen LogP contribution in [-0.2, 0) is 61.9 Å². The second-order valence-electron chi connectivity index (χ2n) is 22.2.